The molecule has 4 rings (SSSR count). The first kappa shape index (κ1) is 20.4. The zero-order valence-electron chi connectivity index (χ0n) is 17.0. The van der Waals surface area contributed by atoms with Gasteiger partial charge in [0.15, 0.2) is 0 Å². The number of carbonyl (C=O) groups is 1. The van der Waals surface area contributed by atoms with Crippen molar-refractivity contribution in [1.82, 2.24) is 19.9 Å². The molecule has 1 saturated heterocycles. The molecular weight excluding hydrogens is 388 g/mol. The summed E-state index contributed by atoms with van der Waals surface area (Å²) in [6.07, 6.45) is 7.05. The molecule has 1 amide bonds. The molecule has 1 aromatic heterocycles. The molecule has 1 saturated carbocycles. The Morgan fingerprint density at radius 2 is 1.86 bits per heavy atom. The van der Waals surface area contributed by atoms with Crippen LogP contribution in [0.25, 0.3) is 11.4 Å². The second-order valence-corrected chi connectivity index (χ2v) is 8.68. The number of aromatic nitrogens is 2. The van der Waals surface area contributed by atoms with Crippen molar-refractivity contribution in [2.75, 3.05) is 26.2 Å². The van der Waals surface area contributed by atoms with E-state index in [1.807, 2.05) is 29.2 Å². The fraction of sp³-hybridized carbons (Fsp3) is 0.591. The summed E-state index contributed by atoms with van der Waals surface area (Å²) in [6.45, 7) is 5.28. The summed E-state index contributed by atoms with van der Waals surface area (Å²) < 4.78 is 5.52. The standard InChI is InChI=1S/C22H29ClN4O2/c1-16(22-24-21(25-29-22)18-7-9-19(23)10-8-18)26-12-14-27(15-13-26)20(28)11-6-17-4-2-3-5-17/h7-10,16-17H,2-6,11-15H2,1H3. The molecule has 6 nitrogen and oxygen atoms in total. The van der Waals surface area contributed by atoms with Crippen molar-refractivity contribution >= 4 is 17.5 Å². The highest BCUT2D eigenvalue weighted by molar-refractivity contribution is 6.30. The van der Waals surface area contributed by atoms with E-state index in [2.05, 4.69) is 22.0 Å². The molecule has 156 valence electrons. The van der Waals surface area contributed by atoms with Crippen LogP contribution in [0.15, 0.2) is 28.8 Å². The molecule has 0 spiro atoms. The third-order valence-corrected chi connectivity index (χ3v) is 6.61. The molecule has 1 aliphatic carbocycles. The lowest BCUT2D eigenvalue weighted by atomic mass is 10.0. The number of hydrogen-bond donors (Lipinski definition) is 0. The zero-order valence-corrected chi connectivity index (χ0v) is 17.8. The van der Waals surface area contributed by atoms with Crippen LogP contribution in [-0.4, -0.2) is 52.0 Å². The molecule has 2 aliphatic rings. The molecule has 0 radical (unpaired) electrons. The van der Waals surface area contributed by atoms with E-state index in [4.69, 9.17) is 16.1 Å². The van der Waals surface area contributed by atoms with Gasteiger partial charge < -0.3 is 9.42 Å². The molecule has 0 N–H and O–H groups in total. The van der Waals surface area contributed by atoms with Crippen LogP contribution < -0.4 is 0 Å². The molecule has 2 aromatic rings. The molecule has 0 bridgehead atoms. The van der Waals surface area contributed by atoms with Gasteiger partial charge in [-0.1, -0.05) is 42.4 Å². The van der Waals surface area contributed by atoms with E-state index in [0.717, 1.165) is 44.1 Å². The maximum atomic E-state index is 12.5. The van der Waals surface area contributed by atoms with Crippen LogP contribution in [0, 0.1) is 5.92 Å². The van der Waals surface area contributed by atoms with Gasteiger partial charge in [0.25, 0.3) is 0 Å². The van der Waals surface area contributed by atoms with Gasteiger partial charge in [-0.05, 0) is 43.5 Å². The lowest BCUT2D eigenvalue weighted by Crippen LogP contribution is -2.49. The lowest BCUT2D eigenvalue weighted by Gasteiger charge is -2.37. The summed E-state index contributed by atoms with van der Waals surface area (Å²) in [5, 5.41) is 4.80. The fourth-order valence-corrected chi connectivity index (χ4v) is 4.55. The number of nitrogens with zero attached hydrogens (tertiary/aromatic N) is 4. The number of piperazine rings is 1. The first-order valence-corrected chi connectivity index (χ1v) is 11.1. The van der Waals surface area contributed by atoms with Gasteiger partial charge in [-0.25, -0.2) is 0 Å². The highest BCUT2D eigenvalue weighted by Crippen LogP contribution is 2.29. The smallest absolute Gasteiger partial charge is 0.244 e. The van der Waals surface area contributed by atoms with E-state index >= 15 is 0 Å². The van der Waals surface area contributed by atoms with Crippen molar-refractivity contribution in [3.63, 3.8) is 0 Å². The summed E-state index contributed by atoms with van der Waals surface area (Å²) >= 11 is 5.94. The SMILES string of the molecule is CC(c1nc(-c2ccc(Cl)cc2)no1)N1CCN(C(=O)CCC2CCCC2)CC1. The fourth-order valence-electron chi connectivity index (χ4n) is 4.42. The molecular formula is C22H29ClN4O2. The largest absolute Gasteiger partial charge is 0.340 e. The predicted molar refractivity (Wildman–Crippen MR) is 113 cm³/mol. The van der Waals surface area contributed by atoms with Crippen LogP contribution in [-0.2, 0) is 4.79 Å². The minimum Gasteiger partial charge on any atom is -0.340 e. The van der Waals surface area contributed by atoms with E-state index < -0.39 is 0 Å². The Labute approximate surface area is 177 Å². The monoisotopic (exact) mass is 416 g/mol. The summed E-state index contributed by atoms with van der Waals surface area (Å²) in [5.74, 6) is 2.26. The van der Waals surface area contributed by atoms with Gasteiger partial charge in [-0.15, -0.1) is 0 Å². The predicted octanol–water partition coefficient (Wildman–Crippen LogP) is 4.57. The van der Waals surface area contributed by atoms with Gasteiger partial charge >= 0.3 is 0 Å². The van der Waals surface area contributed by atoms with Crippen LogP contribution in [0.4, 0.5) is 0 Å². The van der Waals surface area contributed by atoms with E-state index in [9.17, 15) is 4.79 Å². The third kappa shape index (κ3) is 4.98. The van der Waals surface area contributed by atoms with Gasteiger partial charge in [-0.3, -0.25) is 9.69 Å². The average Bonchev–Trinajstić information content (AvgIpc) is 3.44. The first-order chi connectivity index (χ1) is 14.1. The Bertz CT molecular complexity index is 808. The van der Waals surface area contributed by atoms with Gasteiger partial charge in [0.05, 0.1) is 6.04 Å². The maximum Gasteiger partial charge on any atom is 0.244 e. The van der Waals surface area contributed by atoms with Crippen molar-refractivity contribution in [3.05, 3.63) is 35.2 Å². The van der Waals surface area contributed by atoms with E-state index in [-0.39, 0.29) is 6.04 Å². The normalized spacial score (nSPS) is 19.6. The number of benzene rings is 1. The van der Waals surface area contributed by atoms with E-state index in [1.54, 1.807) is 0 Å². The van der Waals surface area contributed by atoms with Gasteiger partial charge in [-0.2, -0.15) is 4.98 Å². The van der Waals surface area contributed by atoms with Crippen molar-refractivity contribution in [3.8, 4) is 11.4 Å². The topological polar surface area (TPSA) is 62.5 Å². The van der Waals surface area contributed by atoms with Crippen molar-refractivity contribution in [1.29, 1.82) is 0 Å². The number of hydrogen-bond acceptors (Lipinski definition) is 5. The van der Waals surface area contributed by atoms with Crippen LogP contribution in [0.1, 0.15) is 57.4 Å². The van der Waals surface area contributed by atoms with Crippen LogP contribution in [0.3, 0.4) is 0 Å². The zero-order chi connectivity index (χ0) is 20.2. The third-order valence-electron chi connectivity index (χ3n) is 6.36. The maximum absolute atomic E-state index is 12.5. The molecule has 2 heterocycles. The summed E-state index contributed by atoms with van der Waals surface area (Å²) in [5.41, 5.74) is 0.884. The second kappa shape index (κ2) is 9.26. The minimum atomic E-state index is 0.0271. The van der Waals surface area contributed by atoms with Crippen LogP contribution in [0.2, 0.25) is 5.02 Å². The Morgan fingerprint density at radius 1 is 1.17 bits per heavy atom. The Kier molecular flexibility index (Phi) is 6.50. The first-order valence-electron chi connectivity index (χ1n) is 10.7. The molecule has 29 heavy (non-hydrogen) atoms. The van der Waals surface area contributed by atoms with Crippen LogP contribution >= 0.6 is 11.6 Å². The summed E-state index contributed by atoms with van der Waals surface area (Å²) in [4.78, 5) is 21.4. The number of halogens is 1. The minimum absolute atomic E-state index is 0.0271. The molecule has 1 atom stereocenters. The van der Waals surface area contributed by atoms with Gasteiger partial charge in [0.1, 0.15) is 0 Å². The highest BCUT2D eigenvalue weighted by atomic mass is 35.5. The summed E-state index contributed by atoms with van der Waals surface area (Å²) in [7, 11) is 0. The van der Waals surface area contributed by atoms with E-state index in [1.165, 1.54) is 25.7 Å². The quantitative estimate of drug-likeness (QED) is 0.690. The molecule has 1 unspecified atom stereocenters. The van der Waals surface area contributed by atoms with Crippen LogP contribution in [0.5, 0.6) is 0 Å². The lowest BCUT2D eigenvalue weighted by molar-refractivity contribution is -0.133. The summed E-state index contributed by atoms with van der Waals surface area (Å²) in [6, 6.07) is 7.44. The number of amides is 1. The number of carbonyl (C=O) groups excluding carboxylic acids is 1. The average molecular weight is 417 g/mol. The second-order valence-electron chi connectivity index (χ2n) is 8.25. The Balaban J connectivity index is 1.28. The number of rotatable bonds is 6. The molecule has 1 aliphatic heterocycles. The molecule has 7 heteroatoms. The van der Waals surface area contributed by atoms with Crippen molar-refractivity contribution < 1.29 is 9.32 Å². The Morgan fingerprint density at radius 3 is 2.55 bits per heavy atom. The molecule has 1 aromatic carbocycles. The molecule has 2 fully saturated rings. The van der Waals surface area contributed by atoms with Gasteiger partial charge in [0.2, 0.25) is 17.6 Å². The van der Waals surface area contributed by atoms with E-state index in [0.29, 0.717) is 29.1 Å². The van der Waals surface area contributed by atoms with Crippen molar-refractivity contribution in [2.24, 2.45) is 5.92 Å². The Hall–Kier alpha value is -1.92. The highest BCUT2D eigenvalue weighted by Gasteiger charge is 2.28. The van der Waals surface area contributed by atoms with Crippen molar-refractivity contribution in [2.45, 2.75) is 51.5 Å². The van der Waals surface area contributed by atoms with Gasteiger partial charge in [0, 0.05) is 43.2 Å².